The Balaban J connectivity index is 1.38. The molecule has 0 spiro atoms. The molecule has 3 aliphatic rings. The summed E-state index contributed by atoms with van der Waals surface area (Å²) in [5.41, 5.74) is 0. The second kappa shape index (κ2) is 5.04. The fourth-order valence-electron chi connectivity index (χ4n) is 4.07. The van der Waals surface area contributed by atoms with Gasteiger partial charge in [-0.3, -0.25) is 4.90 Å². The summed E-state index contributed by atoms with van der Waals surface area (Å²) >= 11 is 12.1. The predicted molar refractivity (Wildman–Crippen MR) is 82.7 cm³/mol. The highest BCUT2D eigenvalue weighted by atomic mass is 35.5. The lowest BCUT2D eigenvalue weighted by atomic mass is 10.0. The molecule has 3 fully saturated rings. The van der Waals surface area contributed by atoms with Crippen molar-refractivity contribution in [2.45, 2.75) is 25.3 Å². The normalized spacial score (nSPS) is 30.6. The zero-order chi connectivity index (χ0) is 13.7. The van der Waals surface area contributed by atoms with E-state index >= 15 is 0 Å². The van der Waals surface area contributed by atoms with Crippen molar-refractivity contribution >= 4 is 29.0 Å². The molecule has 20 heavy (non-hydrogen) atoms. The maximum atomic E-state index is 6.22. The lowest BCUT2D eigenvalue weighted by Crippen LogP contribution is -2.59. The molecule has 0 bridgehead atoms. The number of anilines is 1. The number of likely N-dealkylation sites (tertiary alicyclic amines) is 1. The lowest BCUT2D eigenvalue weighted by Gasteiger charge is -2.45. The predicted octanol–water partition coefficient (Wildman–Crippen LogP) is 3.31. The van der Waals surface area contributed by atoms with Gasteiger partial charge >= 0.3 is 0 Å². The average molecular weight is 312 g/mol. The van der Waals surface area contributed by atoms with Gasteiger partial charge in [0.2, 0.25) is 0 Å². The highest BCUT2D eigenvalue weighted by Gasteiger charge is 2.42. The Morgan fingerprint density at radius 1 is 1.05 bits per heavy atom. The first-order chi connectivity index (χ1) is 9.70. The monoisotopic (exact) mass is 311 g/mol. The molecule has 2 saturated heterocycles. The molecule has 4 rings (SSSR count). The van der Waals surface area contributed by atoms with Crippen molar-refractivity contribution in [3.63, 3.8) is 0 Å². The summed E-state index contributed by atoms with van der Waals surface area (Å²) in [6.07, 6.45) is 6.02. The maximum absolute atomic E-state index is 6.22. The molecule has 2 aliphatic heterocycles. The van der Waals surface area contributed by atoms with Crippen LogP contribution in [0.3, 0.4) is 0 Å². The van der Waals surface area contributed by atoms with Crippen LogP contribution in [0.2, 0.25) is 10.0 Å². The van der Waals surface area contributed by atoms with E-state index < -0.39 is 0 Å². The number of fused-ring (bicyclic) bond motifs is 1. The average Bonchev–Trinajstić information content (AvgIpc) is 2.90. The van der Waals surface area contributed by atoms with Crippen LogP contribution in [0.1, 0.15) is 19.3 Å². The Morgan fingerprint density at radius 2 is 1.75 bits per heavy atom. The van der Waals surface area contributed by atoms with Crippen molar-refractivity contribution in [1.29, 1.82) is 0 Å². The lowest BCUT2D eigenvalue weighted by molar-refractivity contribution is 0.190. The van der Waals surface area contributed by atoms with Gasteiger partial charge in [-0.05, 0) is 30.7 Å². The van der Waals surface area contributed by atoms with Gasteiger partial charge in [0.1, 0.15) is 5.82 Å². The Labute approximate surface area is 129 Å². The largest absolute Gasteiger partial charge is 0.352 e. The molecule has 1 aliphatic carbocycles. The minimum absolute atomic E-state index is 0.600. The number of halogens is 2. The van der Waals surface area contributed by atoms with Crippen LogP contribution < -0.4 is 4.90 Å². The Hall–Kier alpha value is -0.510. The van der Waals surface area contributed by atoms with Crippen LogP contribution in [0.25, 0.3) is 0 Å². The molecule has 108 valence electrons. The molecule has 0 aromatic carbocycles. The van der Waals surface area contributed by atoms with Crippen LogP contribution in [0.4, 0.5) is 5.82 Å². The zero-order valence-corrected chi connectivity index (χ0v) is 12.9. The van der Waals surface area contributed by atoms with Gasteiger partial charge in [0.15, 0.2) is 0 Å². The minimum Gasteiger partial charge on any atom is -0.352 e. The third kappa shape index (κ3) is 2.20. The molecule has 1 aromatic rings. The number of nitrogens with zero attached hydrogens (tertiary/aromatic N) is 3. The molecule has 1 aromatic heterocycles. The van der Waals surface area contributed by atoms with Crippen LogP contribution in [0.15, 0.2) is 12.3 Å². The molecule has 0 N–H and O–H groups in total. The van der Waals surface area contributed by atoms with Gasteiger partial charge in [0.05, 0.1) is 10.0 Å². The molecule has 5 heteroatoms. The summed E-state index contributed by atoms with van der Waals surface area (Å²) in [4.78, 5) is 9.31. The van der Waals surface area contributed by atoms with Gasteiger partial charge in [-0.15, -0.1) is 0 Å². The quantitative estimate of drug-likeness (QED) is 0.835. The van der Waals surface area contributed by atoms with Crippen LogP contribution >= 0.6 is 23.2 Å². The molecule has 3 nitrogen and oxygen atoms in total. The third-order valence-electron chi connectivity index (χ3n) is 5.22. The number of aromatic nitrogens is 1. The Morgan fingerprint density at radius 3 is 2.40 bits per heavy atom. The highest BCUT2D eigenvalue weighted by Crippen LogP contribution is 2.40. The van der Waals surface area contributed by atoms with E-state index in [0.717, 1.165) is 30.7 Å². The van der Waals surface area contributed by atoms with Crippen LogP contribution in [-0.2, 0) is 0 Å². The van der Waals surface area contributed by atoms with Gasteiger partial charge < -0.3 is 4.90 Å². The summed E-state index contributed by atoms with van der Waals surface area (Å²) < 4.78 is 0. The fraction of sp³-hybridized carbons (Fsp3) is 0.667. The second-order valence-corrected chi connectivity index (χ2v) is 7.27. The van der Waals surface area contributed by atoms with E-state index in [1.165, 1.54) is 32.4 Å². The second-order valence-electron chi connectivity index (χ2n) is 6.42. The number of pyridine rings is 1. The molecular formula is C15H19Cl2N3. The molecule has 2 atom stereocenters. The van der Waals surface area contributed by atoms with Crippen molar-refractivity contribution in [3.05, 3.63) is 22.3 Å². The van der Waals surface area contributed by atoms with E-state index in [1.807, 2.05) is 0 Å². The molecule has 1 saturated carbocycles. The number of hydrogen-bond acceptors (Lipinski definition) is 3. The minimum atomic E-state index is 0.600. The van der Waals surface area contributed by atoms with Crippen molar-refractivity contribution < 1.29 is 0 Å². The van der Waals surface area contributed by atoms with Gasteiger partial charge in [-0.1, -0.05) is 29.6 Å². The van der Waals surface area contributed by atoms with E-state index in [0.29, 0.717) is 16.1 Å². The zero-order valence-electron chi connectivity index (χ0n) is 11.4. The SMILES string of the molecule is Clc1cnc(N2CC(N3CC4CCCC4C3)C2)c(Cl)c1. The molecule has 0 radical (unpaired) electrons. The summed E-state index contributed by atoms with van der Waals surface area (Å²) in [6.45, 7) is 4.72. The number of rotatable bonds is 2. The van der Waals surface area contributed by atoms with E-state index in [4.69, 9.17) is 23.2 Å². The highest BCUT2D eigenvalue weighted by molar-refractivity contribution is 6.36. The third-order valence-corrected chi connectivity index (χ3v) is 5.71. The van der Waals surface area contributed by atoms with Crippen molar-refractivity contribution in [2.75, 3.05) is 31.1 Å². The van der Waals surface area contributed by atoms with E-state index in [2.05, 4.69) is 14.8 Å². The van der Waals surface area contributed by atoms with E-state index in [1.54, 1.807) is 12.3 Å². The molecule has 2 unspecified atom stereocenters. The summed E-state index contributed by atoms with van der Waals surface area (Å²) in [6, 6.07) is 2.47. The van der Waals surface area contributed by atoms with Gasteiger partial charge in [0.25, 0.3) is 0 Å². The molecular weight excluding hydrogens is 293 g/mol. The summed E-state index contributed by atoms with van der Waals surface area (Å²) in [5.74, 6) is 2.83. The van der Waals surface area contributed by atoms with Gasteiger partial charge in [-0.25, -0.2) is 4.98 Å². The van der Waals surface area contributed by atoms with Crippen LogP contribution in [-0.4, -0.2) is 42.1 Å². The summed E-state index contributed by atoms with van der Waals surface area (Å²) in [5, 5.41) is 1.26. The van der Waals surface area contributed by atoms with Gasteiger partial charge in [-0.2, -0.15) is 0 Å². The molecule has 0 amide bonds. The van der Waals surface area contributed by atoms with Crippen molar-refractivity contribution in [1.82, 2.24) is 9.88 Å². The van der Waals surface area contributed by atoms with E-state index in [-0.39, 0.29) is 0 Å². The first kappa shape index (κ1) is 13.2. The Kier molecular flexibility index (Phi) is 3.32. The van der Waals surface area contributed by atoms with Crippen LogP contribution in [0.5, 0.6) is 0 Å². The first-order valence-corrected chi connectivity index (χ1v) is 8.26. The standard InChI is InChI=1S/C15H19Cl2N3/c16-12-4-14(17)15(18-5-12)20-8-13(9-20)19-6-10-2-1-3-11(10)7-19/h4-5,10-11,13H,1-3,6-9H2. The van der Waals surface area contributed by atoms with Crippen molar-refractivity contribution in [3.8, 4) is 0 Å². The van der Waals surface area contributed by atoms with Crippen LogP contribution in [0, 0.1) is 11.8 Å². The Bertz CT molecular complexity index is 504. The number of hydrogen-bond donors (Lipinski definition) is 0. The topological polar surface area (TPSA) is 19.4 Å². The molecule has 3 heterocycles. The van der Waals surface area contributed by atoms with E-state index in [9.17, 15) is 0 Å². The smallest absolute Gasteiger partial charge is 0.147 e. The summed E-state index contributed by atoms with van der Waals surface area (Å²) in [7, 11) is 0. The fourth-order valence-corrected chi connectivity index (χ4v) is 4.57. The van der Waals surface area contributed by atoms with Crippen molar-refractivity contribution in [2.24, 2.45) is 11.8 Å². The first-order valence-electron chi connectivity index (χ1n) is 7.51. The maximum Gasteiger partial charge on any atom is 0.147 e. The van der Waals surface area contributed by atoms with Gasteiger partial charge in [0, 0.05) is 38.4 Å².